The molecule has 1 aromatic rings. The fraction of sp³-hybridized carbons (Fsp3) is 0.444. The number of aromatic nitrogens is 1. The zero-order valence-electron chi connectivity index (χ0n) is 7.74. The van der Waals surface area contributed by atoms with E-state index in [0.717, 1.165) is 5.69 Å². The van der Waals surface area contributed by atoms with Gasteiger partial charge in [-0.3, -0.25) is 0 Å². The number of aliphatic hydroxyl groups excluding tert-OH is 1. The maximum Gasteiger partial charge on any atom is 0.131 e. The van der Waals surface area contributed by atoms with Crippen LogP contribution in [-0.2, 0) is 4.74 Å². The first kappa shape index (κ1) is 11.2. The van der Waals surface area contributed by atoms with Crippen LogP contribution in [0.2, 0.25) is 5.15 Å². The Morgan fingerprint density at radius 1 is 1.50 bits per heavy atom. The van der Waals surface area contributed by atoms with E-state index in [1.165, 1.54) is 0 Å². The maximum absolute atomic E-state index is 8.45. The van der Waals surface area contributed by atoms with Gasteiger partial charge in [0, 0.05) is 18.4 Å². The van der Waals surface area contributed by atoms with Crippen LogP contribution in [0.15, 0.2) is 18.3 Å². The molecule has 0 aliphatic heterocycles. The third-order valence-electron chi connectivity index (χ3n) is 1.54. The monoisotopic (exact) mass is 216 g/mol. The average Bonchev–Trinajstić information content (AvgIpc) is 2.18. The van der Waals surface area contributed by atoms with Gasteiger partial charge < -0.3 is 15.2 Å². The second-order valence-corrected chi connectivity index (χ2v) is 3.02. The molecule has 0 radical (unpaired) electrons. The first-order valence-corrected chi connectivity index (χ1v) is 4.75. The van der Waals surface area contributed by atoms with Crippen LogP contribution < -0.4 is 5.32 Å². The van der Waals surface area contributed by atoms with Crippen molar-refractivity contribution in [3.8, 4) is 0 Å². The van der Waals surface area contributed by atoms with Gasteiger partial charge >= 0.3 is 0 Å². The van der Waals surface area contributed by atoms with Crippen molar-refractivity contribution in [3.05, 3.63) is 23.5 Å². The standard InChI is InChI=1S/C9H13ClN2O2/c10-9-7-8(1-2-12-9)11-3-5-14-6-4-13/h1-2,7,13H,3-6H2,(H,11,12). The Bertz CT molecular complexity index is 271. The Balaban J connectivity index is 2.18. The molecule has 5 heteroatoms. The van der Waals surface area contributed by atoms with Gasteiger partial charge in [0.1, 0.15) is 5.15 Å². The first-order valence-electron chi connectivity index (χ1n) is 4.37. The van der Waals surface area contributed by atoms with E-state index in [4.69, 9.17) is 21.4 Å². The zero-order chi connectivity index (χ0) is 10.2. The molecule has 1 aromatic heterocycles. The van der Waals surface area contributed by atoms with E-state index < -0.39 is 0 Å². The summed E-state index contributed by atoms with van der Waals surface area (Å²) in [7, 11) is 0. The Morgan fingerprint density at radius 2 is 2.36 bits per heavy atom. The van der Waals surface area contributed by atoms with Crippen molar-refractivity contribution in [2.75, 3.05) is 31.7 Å². The molecule has 0 aromatic carbocycles. The van der Waals surface area contributed by atoms with Crippen molar-refractivity contribution >= 4 is 17.3 Å². The lowest BCUT2D eigenvalue weighted by molar-refractivity contribution is 0.0992. The van der Waals surface area contributed by atoms with Crippen molar-refractivity contribution in [1.82, 2.24) is 4.98 Å². The fourth-order valence-corrected chi connectivity index (χ4v) is 1.12. The third-order valence-corrected chi connectivity index (χ3v) is 1.74. The molecule has 2 N–H and O–H groups in total. The molecule has 0 aliphatic carbocycles. The number of anilines is 1. The number of hydrogen-bond donors (Lipinski definition) is 2. The van der Waals surface area contributed by atoms with Crippen LogP contribution in [0, 0.1) is 0 Å². The molecule has 0 saturated heterocycles. The van der Waals surface area contributed by atoms with Crippen molar-refractivity contribution in [2.45, 2.75) is 0 Å². The summed E-state index contributed by atoms with van der Waals surface area (Å²) in [6.07, 6.45) is 1.64. The van der Waals surface area contributed by atoms with E-state index in [1.807, 2.05) is 6.07 Å². The topological polar surface area (TPSA) is 54.4 Å². The van der Waals surface area contributed by atoms with Crippen molar-refractivity contribution < 1.29 is 9.84 Å². The van der Waals surface area contributed by atoms with E-state index in [0.29, 0.717) is 24.9 Å². The number of rotatable bonds is 6. The molecular weight excluding hydrogens is 204 g/mol. The first-order chi connectivity index (χ1) is 6.83. The number of pyridine rings is 1. The van der Waals surface area contributed by atoms with Gasteiger partial charge in [-0.1, -0.05) is 11.6 Å². The fourth-order valence-electron chi connectivity index (χ4n) is 0.947. The quantitative estimate of drug-likeness (QED) is 0.554. The number of halogens is 1. The van der Waals surface area contributed by atoms with Crippen molar-refractivity contribution in [1.29, 1.82) is 0 Å². The van der Waals surface area contributed by atoms with Gasteiger partial charge in [-0.15, -0.1) is 0 Å². The predicted molar refractivity (Wildman–Crippen MR) is 55.6 cm³/mol. The molecule has 0 spiro atoms. The van der Waals surface area contributed by atoms with Crippen LogP contribution >= 0.6 is 11.6 Å². The molecule has 4 nitrogen and oxygen atoms in total. The highest BCUT2D eigenvalue weighted by atomic mass is 35.5. The molecule has 1 rings (SSSR count). The second kappa shape index (κ2) is 6.59. The highest BCUT2D eigenvalue weighted by Gasteiger charge is 1.93. The van der Waals surface area contributed by atoms with E-state index in [9.17, 15) is 0 Å². The third kappa shape index (κ3) is 4.41. The number of ether oxygens (including phenoxy) is 1. The summed E-state index contributed by atoms with van der Waals surface area (Å²) in [4.78, 5) is 3.86. The lowest BCUT2D eigenvalue weighted by Crippen LogP contribution is -2.11. The summed E-state index contributed by atoms with van der Waals surface area (Å²) in [5, 5.41) is 12.0. The van der Waals surface area contributed by atoms with Gasteiger partial charge in [0.25, 0.3) is 0 Å². The van der Waals surface area contributed by atoms with Gasteiger partial charge in [-0.05, 0) is 12.1 Å². The summed E-state index contributed by atoms with van der Waals surface area (Å²) < 4.78 is 5.07. The minimum Gasteiger partial charge on any atom is -0.394 e. The lowest BCUT2D eigenvalue weighted by atomic mass is 10.4. The lowest BCUT2D eigenvalue weighted by Gasteiger charge is -2.06. The van der Waals surface area contributed by atoms with Crippen LogP contribution in [0.1, 0.15) is 0 Å². The number of aliphatic hydroxyl groups is 1. The molecular formula is C9H13ClN2O2. The van der Waals surface area contributed by atoms with Crippen molar-refractivity contribution in [2.24, 2.45) is 0 Å². The molecule has 78 valence electrons. The van der Waals surface area contributed by atoms with Crippen LogP contribution in [0.4, 0.5) is 5.69 Å². The smallest absolute Gasteiger partial charge is 0.131 e. The van der Waals surface area contributed by atoms with Crippen LogP contribution in [0.5, 0.6) is 0 Å². The summed E-state index contributed by atoms with van der Waals surface area (Å²) in [5.74, 6) is 0. The Kier molecular flexibility index (Phi) is 5.29. The molecule has 0 amide bonds. The molecule has 0 atom stereocenters. The van der Waals surface area contributed by atoms with Crippen LogP contribution in [0.3, 0.4) is 0 Å². The van der Waals surface area contributed by atoms with Crippen LogP contribution in [0.25, 0.3) is 0 Å². The van der Waals surface area contributed by atoms with Gasteiger partial charge in [0.05, 0.1) is 19.8 Å². The van der Waals surface area contributed by atoms with Gasteiger partial charge in [0.15, 0.2) is 0 Å². The summed E-state index contributed by atoms with van der Waals surface area (Å²) in [6.45, 7) is 1.67. The molecule has 0 aliphatic rings. The van der Waals surface area contributed by atoms with Gasteiger partial charge in [-0.2, -0.15) is 0 Å². The second-order valence-electron chi connectivity index (χ2n) is 2.63. The molecule has 1 heterocycles. The minimum atomic E-state index is 0.0566. The number of nitrogens with zero attached hydrogens (tertiary/aromatic N) is 1. The van der Waals surface area contributed by atoms with Crippen molar-refractivity contribution in [3.63, 3.8) is 0 Å². The average molecular weight is 217 g/mol. The largest absolute Gasteiger partial charge is 0.394 e. The Hall–Kier alpha value is -0.840. The normalized spacial score (nSPS) is 10.1. The minimum absolute atomic E-state index is 0.0566. The number of hydrogen-bond acceptors (Lipinski definition) is 4. The number of nitrogens with one attached hydrogen (secondary N) is 1. The van der Waals surface area contributed by atoms with Gasteiger partial charge in [-0.25, -0.2) is 4.98 Å². The molecule has 0 saturated carbocycles. The SMILES string of the molecule is OCCOCCNc1ccnc(Cl)c1. The van der Waals surface area contributed by atoms with E-state index in [1.54, 1.807) is 12.3 Å². The molecule has 0 fully saturated rings. The highest BCUT2D eigenvalue weighted by Crippen LogP contribution is 2.10. The van der Waals surface area contributed by atoms with E-state index >= 15 is 0 Å². The zero-order valence-corrected chi connectivity index (χ0v) is 8.50. The van der Waals surface area contributed by atoms with Crippen LogP contribution in [-0.4, -0.2) is 36.5 Å². The van der Waals surface area contributed by atoms with E-state index in [2.05, 4.69) is 10.3 Å². The summed E-state index contributed by atoms with van der Waals surface area (Å²) in [6, 6.07) is 3.57. The summed E-state index contributed by atoms with van der Waals surface area (Å²) in [5.41, 5.74) is 0.914. The Morgan fingerprint density at radius 3 is 3.07 bits per heavy atom. The molecule has 0 unspecified atom stereocenters. The predicted octanol–water partition coefficient (Wildman–Crippen LogP) is 1.16. The Labute approximate surface area is 87.9 Å². The highest BCUT2D eigenvalue weighted by molar-refractivity contribution is 6.29. The summed E-state index contributed by atoms with van der Waals surface area (Å²) >= 11 is 5.69. The molecule has 0 bridgehead atoms. The van der Waals surface area contributed by atoms with Gasteiger partial charge in [0.2, 0.25) is 0 Å². The maximum atomic E-state index is 8.45. The molecule has 14 heavy (non-hydrogen) atoms. The van der Waals surface area contributed by atoms with E-state index in [-0.39, 0.29) is 6.61 Å².